The molecule has 1 unspecified atom stereocenters. The van der Waals surface area contributed by atoms with Crippen LogP contribution >= 0.6 is 0 Å². The van der Waals surface area contributed by atoms with Gasteiger partial charge in [0.1, 0.15) is 17.4 Å². The average molecular weight is 263 g/mol. The summed E-state index contributed by atoms with van der Waals surface area (Å²) in [6.45, 7) is 1.78. The Morgan fingerprint density at radius 2 is 1.79 bits per heavy atom. The monoisotopic (exact) mass is 263 g/mol. The smallest absolute Gasteiger partial charge is 0.146 e. The minimum Gasteiger partial charge on any atom is -0.497 e. The normalized spacial score (nSPS) is 12.0. The van der Waals surface area contributed by atoms with Gasteiger partial charge >= 0.3 is 0 Å². The standard InChI is InChI=1S/C15H15F2NO/c1-10(12-5-3-4-6-13(12)16)18-15-9-11(19-2)7-8-14(15)17/h3-10,18H,1-2H3. The molecule has 100 valence electrons. The highest BCUT2D eigenvalue weighted by atomic mass is 19.1. The van der Waals surface area contributed by atoms with Crippen molar-refractivity contribution in [1.82, 2.24) is 0 Å². The summed E-state index contributed by atoms with van der Waals surface area (Å²) in [7, 11) is 1.51. The van der Waals surface area contributed by atoms with Crippen molar-refractivity contribution in [3.8, 4) is 5.75 Å². The number of hydrogen-bond acceptors (Lipinski definition) is 2. The number of ether oxygens (including phenoxy) is 1. The molecular weight excluding hydrogens is 248 g/mol. The fraction of sp³-hybridized carbons (Fsp3) is 0.200. The van der Waals surface area contributed by atoms with Gasteiger partial charge in [0.25, 0.3) is 0 Å². The molecule has 1 N–H and O–H groups in total. The van der Waals surface area contributed by atoms with E-state index in [-0.39, 0.29) is 17.5 Å². The van der Waals surface area contributed by atoms with E-state index < -0.39 is 5.82 Å². The Morgan fingerprint density at radius 3 is 2.47 bits per heavy atom. The Kier molecular flexibility index (Phi) is 4.00. The quantitative estimate of drug-likeness (QED) is 0.894. The second-order valence-electron chi connectivity index (χ2n) is 4.23. The number of hydrogen-bond donors (Lipinski definition) is 1. The molecule has 1 atom stereocenters. The molecule has 0 radical (unpaired) electrons. The molecule has 0 aliphatic rings. The van der Waals surface area contributed by atoms with Crippen LogP contribution in [0.1, 0.15) is 18.5 Å². The van der Waals surface area contributed by atoms with Gasteiger partial charge in [0.2, 0.25) is 0 Å². The van der Waals surface area contributed by atoms with Gasteiger partial charge in [-0.2, -0.15) is 0 Å². The Labute approximate surface area is 111 Å². The van der Waals surface area contributed by atoms with E-state index in [2.05, 4.69) is 5.32 Å². The summed E-state index contributed by atoms with van der Waals surface area (Å²) in [5.41, 5.74) is 0.778. The highest BCUT2D eigenvalue weighted by Crippen LogP contribution is 2.26. The van der Waals surface area contributed by atoms with Crippen LogP contribution in [0.2, 0.25) is 0 Å². The Morgan fingerprint density at radius 1 is 1.05 bits per heavy atom. The number of anilines is 1. The molecule has 0 spiro atoms. The van der Waals surface area contributed by atoms with Crippen LogP contribution in [-0.2, 0) is 0 Å². The lowest BCUT2D eigenvalue weighted by Crippen LogP contribution is -2.09. The van der Waals surface area contributed by atoms with Gasteiger partial charge in [-0.3, -0.25) is 0 Å². The first-order valence-corrected chi connectivity index (χ1v) is 5.96. The number of methoxy groups -OCH3 is 1. The molecule has 19 heavy (non-hydrogen) atoms. The molecular formula is C15H15F2NO. The molecule has 0 bridgehead atoms. The Balaban J connectivity index is 2.24. The van der Waals surface area contributed by atoms with Crippen molar-refractivity contribution in [2.75, 3.05) is 12.4 Å². The van der Waals surface area contributed by atoms with Gasteiger partial charge in [-0.05, 0) is 25.1 Å². The zero-order chi connectivity index (χ0) is 13.8. The number of nitrogens with one attached hydrogen (secondary N) is 1. The van der Waals surface area contributed by atoms with Gasteiger partial charge in [-0.25, -0.2) is 8.78 Å². The first-order chi connectivity index (χ1) is 9.11. The number of benzene rings is 2. The maximum absolute atomic E-state index is 13.7. The first-order valence-electron chi connectivity index (χ1n) is 5.96. The highest BCUT2D eigenvalue weighted by Gasteiger charge is 2.12. The summed E-state index contributed by atoms with van der Waals surface area (Å²) < 4.78 is 32.3. The van der Waals surface area contributed by atoms with E-state index in [1.165, 1.54) is 25.3 Å². The van der Waals surface area contributed by atoms with Gasteiger partial charge in [-0.15, -0.1) is 0 Å². The first kappa shape index (κ1) is 13.3. The molecule has 0 amide bonds. The molecule has 0 aromatic heterocycles. The van der Waals surface area contributed by atoms with Gasteiger partial charge < -0.3 is 10.1 Å². The lowest BCUT2D eigenvalue weighted by Gasteiger charge is -2.17. The Bertz CT molecular complexity index is 572. The van der Waals surface area contributed by atoms with E-state index in [4.69, 9.17) is 4.74 Å². The predicted molar refractivity (Wildman–Crippen MR) is 71.4 cm³/mol. The van der Waals surface area contributed by atoms with Crippen LogP contribution in [0, 0.1) is 11.6 Å². The van der Waals surface area contributed by atoms with Gasteiger partial charge in [0.15, 0.2) is 0 Å². The van der Waals surface area contributed by atoms with Crippen molar-refractivity contribution in [1.29, 1.82) is 0 Å². The van der Waals surface area contributed by atoms with Crippen LogP contribution in [0.25, 0.3) is 0 Å². The number of halogens is 2. The zero-order valence-corrected chi connectivity index (χ0v) is 10.8. The fourth-order valence-corrected chi connectivity index (χ4v) is 1.88. The SMILES string of the molecule is COc1ccc(F)c(NC(C)c2ccccc2F)c1. The van der Waals surface area contributed by atoms with Crippen LogP contribution < -0.4 is 10.1 Å². The summed E-state index contributed by atoms with van der Waals surface area (Å²) in [5.74, 6) is -0.167. The third-order valence-corrected chi connectivity index (χ3v) is 2.92. The highest BCUT2D eigenvalue weighted by molar-refractivity contribution is 5.51. The largest absolute Gasteiger partial charge is 0.497 e. The van der Waals surface area contributed by atoms with Gasteiger partial charge in [-0.1, -0.05) is 18.2 Å². The second kappa shape index (κ2) is 5.69. The molecule has 0 fully saturated rings. The topological polar surface area (TPSA) is 21.3 Å². The molecule has 0 heterocycles. The van der Waals surface area contributed by atoms with Crippen molar-refractivity contribution in [3.05, 3.63) is 59.7 Å². The lowest BCUT2D eigenvalue weighted by atomic mass is 10.1. The van der Waals surface area contributed by atoms with Crippen LogP contribution in [0.5, 0.6) is 5.75 Å². The maximum atomic E-state index is 13.7. The van der Waals surface area contributed by atoms with E-state index in [0.29, 0.717) is 11.3 Å². The minimum absolute atomic E-state index is 0.287. The van der Waals surface area contributed by atoms with Crippen LogP contribution in [0.3, 0.4) is 0 Å². The van der Waals surface area contributed by atoms with E-state index in [0.717, 1.165) is 0 Å². The van der Waals surface area contributed by atoms with E-state index in [1.54, 1.807) is 31.2 Å². The second-order valence-corrected chi connectivity index (χ2v) is 4.23. The summed E-state index contributed by atoms with van der Waals surface area (Å²) in [6.07, 6.45) is 0. The van der Waals surface area contributed by atoms with Crippen molar-refractivity contribution in [2.24, 2.45) is 0 Å². The fourth-order valence-electron chi connectivity index (χ4n) is 1.88. The number of rotatable bonds is 4. The van der Waals surface area contributed by atoms with Crippen molar-refractivity contribution in [3.63, 3.8) is 0 Å². The molecule has 2 aromatic carbocycles. The average Bonchev–Trinajstić information content (AvgIpc) is 2.41. The molecule has 2 nitrogen and oxygen atoms in total. The zero-order valence-electron chi connectivity index (χ0n) is 10.8. The third-order valence-electron chi connectivity index (χ3n) is 2.92. The summed E-state index contributed by atoms with van der Waals surface area (Å²) in [4.78, 5) is 0. The summed E-state index contributed by atoms with van der Waals surface area (Å²) in [6, 6.07) is 10.5. The molecule has 0 aliphatic heterocycles. The minimum atomic E-state index is -0.399. The van der Waals surface area contributed by atoms with Crippen LogP contribution in [0.15, 0.2) is 42.5 Å². The van der Waals surface area contributed by atoms with Crippen molar-refractivity contribution < 1.29 is 13.5 Å². The summed E-state index contributed by atoms with van der Waals surface area (Å²) in [5, 5.41) is 2.95. The third kappa shape index (κ3) is 3.02. The van der Waals surface area contributed by atoms with Gasteiger partial charge in [0.05, 0.1) is 18.8 Å². The Hall–Kier alpha value is -2.10. The molecule has 4 heteroatoms. The molecule has 2 rings (SSSR count). The molecule has 2 aromatic rings. The predicted octanol–water partition coefficient (Wildman–Crippen LogP) is 4.15. The maximum Gasteiger partial charge on any atom is 0.146 e. The van der Waals surface area contributed by atoms with Gasteiger partial charge in [0, 0.05) is 11.6 Å². The van der Waals surface area contributed by atoms with E-state index in [1.807, 2.05) is 0 Å². The molecule has 0 saturated carbocycles. The van der Waals surface area contributed by atoms with E-state index in [9.17, 15) is 8.78 Å². The van der Waals surface area contributed by atoms with E-state index >= 15 is 0 Å². The molecule has 0 aliphatic carbocycles. The van der Waals surface area contributed by atoms with Crippen LogP contribution in [0.4, 0.5) is 14.5 Å². The van der Waals surface area contributed by atoms with Crippen molar-refractivity contribution >= 4 is 5.69 Å². The van der Waals surface area contributed by atoms with Crippen LogP contribution in [-0.4, -0.2) is 7.11 Å². The summed E-state index contributed by atoms with van der Waals surface area (Å²) >= 11 is 0. The molecule has 0 saturated heterocycles. The van der Waals surface area contributed by atoms with Crippen molar-refractivity contribution in [2.45, 2.75) is 13.0 Å². The lowest BCUT2D eigenvalue weighted by molar-refractivity contribution is 0.414.